The first-order valence-corrected chi connectivity index (χ1v) is 7.12. The van der Waals surface area contributed by atoms with Crippen LogP contribution in [-0.4, -0.2) is 12.7 Å². The van der Waals surface area contributed by atoms with Crippen LogP contribution in [0.4, 0.5) is 0 Å². The zero-order valence-corrected chi connectivity index (χ0v) is 12.3. The van der Waals surface area contributed by atoms with E-state index < -0.39 is 0 Å². The van der Waals surface area contributed by atoms with Crippen LogP contribution in [0.3, 0.4) is 0 Å². The van der Waals surface area contributed by atoms with Crippen LogP contribution in [0.2, 0.25) is 0 Å². The Balaban J connectivity index is 1.56. The molecule has 0 unspecified atom stereocenters. The molecule has 0 aromatic heterocycles. The largest absolute Gasteiger partial charge is 0.454 e. The van der Waals surface area contributed by atoms with Crippen LogP contribution in [0, 0.1) is 6.92 Å². The van der Waals surface area contributed by atoms with E-state index in [2.05, 4.69) is 5.32 Å². The molecule has 0 radical (unpaired) electrons. The molecule has 1 N–H and O–H groups in total. The molecule has 2 aromatic rings. The number of fused-ring (bicyclic) bond motifs is 1. The minimum absolute atomic E-state index is 0.126. The summed E-state index contributed by atoms with van der Waals surface area (Å²) in [7, 11) is 0. The van der Waals surface area contributed by atoms with Gasteiger partial charge >= 0.3 is 0 Å². The average Bonchev–Trinajstić information content (AvgIpc) is 2.98. The zero-order chi connectivity index (χ0) is 15.4. The van der Waals surface area contributed by atoms with Gasteiger partial charge in [0.15, 0.2) is 11.5 Å². The fourth-order valence-corrected chi connectivity index (χ4v) is 2.24. The van der Waals surface area contributed by atoms with Crippen molar-refractivity contribution in [1.29, 1.82) is 0 Å². The van der Waals surface area contributed by atoms with E-state index in [1.165, 1.54) is 5.56 Å². The van der Waals surface area contributed by atoms with Gasteiger partial charge in [-0.1, -0.05) is 35.9 Å². The Morgan fingerprint density at radius 1 is 1.18 bits per heavy atom. The summed E-state index contributed by atoms with van der Waals surface area (Å²) in [4.78, 5) is 11.9. The topological polar surface area (TPSA) is 47.6 Å². The molecule has 0 saturated carbocycles. The standard InChI is InChI=1S/C18H17NO3/c1-13-3-2-4-14(9-13)6-8-18(20)19-11-15-5-7-16-17(10-15)22-12-21-16/h2-10H,11-12H2,1H3,(H,19,20)/b8-6+. The zero-order valence-electron chi connectivity index (χ0n) is 12.3. The molecule has 22 heavy (non-hydrogen) atoms. The Hall–Kier alpha value is -2.75. The van der Waals surface area contributed by atoms with Crippen molar-refractivity contribution >= 4 is 12.0 Å². The summed E-state index contributed by atoms with van der Waals surface area (Å²) in [6.45, 7) is 2.73. The van der Waals surface area contributed by atoms with Crippen molar-refractivity contribution in [1.82, 2.24) is 5.32 Å². The SMILES string of the molecule is Cc1cccc(/C=C/C(=O)NCc2ccc3c(c2)OCO3)c1. The van der Waals surface area contributed by atoms with E-state index in [9.17, 15) is 4.79 Å². The average molecular weight is 295 g/mol. The van der Waals surface area contributed by atoms with Crippen LogP contribution >= 0.6 is 0 Å². The molecule has 1 heterocycles. The van der Waals surface area contributed by atoms with Crippen molar-refractivity contribution in [3.05, 3.63) is 65.2 Å². The highest BCUT2D eigenvalue weighted by Crippen LogP contribution is 2.32. The van der Waals surface area contributed by atoms with E-state index in [4.69, 9.17) is 9.47 Å². The number of aryl methyl sites for hydroxylation is 1. The predicted molar refractivity (Wildman–Crippen MR) is 84.6 cm³/mol. The van der Waals surface area contributed by atoms with E-state index in [1.807, 2.05) is 55.5 Å². The second-order valence-corrected chi connectivity index (χ2v) is 5.15. The summed E-state index contributed by atoms with van der Waals surface area (Å²) in [5, 5.41) is 2.85. The maximum absolute atomic E-state index is 11.9. The molecular formula is C18H17NO3. The predicted octanol–water partition coefficient (Wildman–Crippen LogP) is 3.05. The van der Waals surface area contributed by atoms with Crippen LogP contribution in [-0.2, 0) is 11.3 Å². The van der Waals surface area contributed by atoms with Gasteiger partial charge in [-0.15, -0.1) is 0 Å². The number of carbonyl (C=O) groups excluding carboxylic acids is 1. The highest BCUT2D eigenvalue weighted by molar-refractivity contribution is 5.91. The minimum atomic E-state index is -0.126. The van der Waals surface area contributed by atoms with Gasteiger partial charge in [-0.2, -0.15) is 0 Å². The normalized spacial score (nSPS) is 12.6. The van der Waals surface area contributed by atoms with Gasteiger partial charge in [-0.25, -0.2) is 0 Å². The summed E-state index contributed by atoms with van der Waals surface area (Å²) in [5.41, 5.74) is 3.16. The van der Waals surface area contributed by atoms with Gasteiger partial charge in [0.25, 0.3) is 0 Å². The van der Waals surface area contributed by atoms with Gasteiger partial charge in [0.2, 0.25) is 12.7 Å². The molecule has 4 heteroatoms. The first-order chi connectivity index (χ1) is 10.7. The van der Waals surface area contributed by atoms with E-state index in [-0.39, 0.29) is 12.7 Å². The van der Waals surface area contributed by atoms with Crippen molar-refractivity contribution in [2.75, 3.05) is 6.79 Å². The number of carbonyl (C=O) groups is 1. The van der Waals surface area contributed by atoms with Crippen molar-refractivity contribution < 1.29 is 14.3 Å². The van der Waals surface area contributed by atoms with Gasteiger partial charge in [-0.3, -0.25) is 4.79 Å². The van der Waals surface area contributed by atoms with Crippen LogP contribution in [0.25, 0.3) is 6.08 Å². The molecule has 0 spiro atoms. The lowest BCUT2D eigenvalue weighted by atomic mass is 10.1. The fraction of sp³-hybridized carbons (Fsp3) is 0.167. The number of hydrogen-bond donors (Lipinski definition) is 1. The minimum Gasteiger partial charge on any atom is -0.454 e. The van der Waals surface area contributed by atoms with Crippen molar-refractivity contribution in [2.24, 2.45) is 0 Å². The number of ether oxygens (including phenoxy) is 2. The van der Waals surface area contributed by atoms with Crippen LogP contribution in [0.1, 0.15) is 16.7 Å². The molecule has 112 valence electrons. The Kier molecular flexibility index (Phi) is 4.10. The van der Waals surface area contributed by atoms with E-state index >= 15 is 0 Å². The van der Waals surface area contributed by atoms with E-state index in [1.54, 1.807) is 6.08 Å². The highest BCUT2D eigenvalue weighted by Gasteiger charge is 2.13. The third-order valence-electron chi connectivity index (χ3n) is 3.37. The van der Waals surface area contributed by atoms with Gasteiger partial charge in [0.1, 0.15) is 0 Å². The summed E-state index contributed by atoms with van der Waals surface area (Å²) in [6, 6.07) is 13.6. The molecule has 2 aromatic carbocycles. The van der Waals surface area contributed by atoms with Crippen molar-refractivity contribution in [3.63, 3.8) is 0 Å². The van der Waals surface area contributed by atoms with Gasteiger partial charge in [-0.05, 0) is 36.3 Å². The lowest BCUT2D eigenvalue weighted by molar-refractivity contribution is -0.116. The van der Waals surface area contributed by atoms with Crippen molar-refractivity contribution in [2.45, 2.75) is 13.5 Å². The van der Waals surface area contributed by atoms with E-state index in [0.29, 0.717) is 6.54 Å². The first kappa shape index (κ1) is 14.2. The smallest absolute Gasteiger partial charge is 0.244 e. The number of amides is 1. The summed E-state index contributed by atoms with van der Waals surface area (Å²) in [6.07, 6.45) is 3.35. The maximum Gasteiger partial charge on any atom is 0.244 e. The first-order valence-electron chi connectivity index (χ1n) is 7.12. The second kappa shape index (κ2) is 6.35. The van der Waals surface area contributed by atoms with E-state index in [0.717, 1.165) is 22.6 Å². The summed E-state index contributed by atoms with van der Waals surface area (Å²) in [5.74, 6) is 1.34. The van der Waals surface area contributed by atoms with Crippen LogP contribution < -0.4 is 14.8 Å². The third-order valence-corrected chi connectivity index (χ3v) is 3.37. The van der Waals surface area contributed by atoms with Gasteiger partial charge in [0.05, 0.1) is 0 Å². The summed E-state index contributed by atoms with van der Waals surface area (Å²) < 4.78 is 10.6. The molecule has 1 aliphatic rings. The van der Waals surface area contributed by atoms with Gasteiger partial charge in [0, 0.05) is 12.6 Å². The molecule has 1 amide bonds. The number of hydrogen-bond acceptors (Lipinski definition) is 3. The number of benzene rings is 2. The van der Waals surface area contributed by atoms with Crippen LogP contribution in [0.5, 0.6) is 11.5 Å². The second-order valence-electron chi connectivity index (χ2n) is 5.15. The van der Waals surface area contributed by atoms with Crippen molar-refractivity contribution in [3.8, 4) is 11.5 Å². The molecule has 1 aliphatic heterocycles. The molecule has 3 rings (SSSR count). The Morgan fingerprint density at radius 2 is 2.05 bits per heavy atom. The molecule has 0 atom stereocenters. The maximum atomic E-state index is 11.9. The Bertz CT molecular complexity index is 722. The number of rotatable bonds is 4. The summed E-state index contributed by atoms with van der Waals surface area (Å²) >= 11 is 0. The molecule has 4 nitrogen and oxygen atoms in total. The Morgan fingerprint density at radius 3 is 2.91 bits per heavy atom. The molecular weight excluding hydrogens is 278 g/mol. The quantitative estimate of drug-likeness (QED) is 0.882. The Labute approximate surface area is 129 Å². The number of nitrogens with one attached hydrogen (secondary N) is 1. The van der Waals surface area contributed by atoms with Crippen LogP contribution in [0.15, 0.2) is 48.5 Å². The highest BCUT2D eigenvalue weighted by atomic mass is 16.7. The molecule has 0 fully saturated rings. The fourth-order valence-electron chi connectivity index (χ4n) is 2.24. The molecule has 0 bridgehead atoms. The lowest BCUT2D eigenvalue weighted by Gasteiger charge is -2.04. The van der Waals surface area contributed by atoms with Gasteiger partial charge < -0.3 is 14.8 Å². The molecule has 0 aliphatic carbocycles. The third kappa shape index (κ3) is 3.47. The lowest BCUT2D eigenvalue weighted by Crippen LogP contribution is -2.20. The molecule has 0 saturated heterocycles. The monoisotopic (exact) mass is 295 g/mol.